The minimum Gasteiger partial charge on any atom is -0.497 e. The van der Waals surface area contributed by atoms with Crippen molar-refractivity contribution in [3.63, 3.8) is 0 Å². The van der Waals surface area contributed by atoms with Gasteiger partial charge in [-0.2, -0.15) is 0 Å². The van der Waals surface area contributed by atoms with Crippen LogP contribution in [0, 0.1) is 13.8 Å². The smallest absolute Gasteiger partial charge is 0.251 e. The Morgan fingerprint density at radius 2 is 1.55 bits per heavy atom. The first-order valence-electron chi connectivity index (χ1n) is 11.9. The van der Waals surface area contributed by atoms with Gasteiger partial charge >= 0.3 is 0 Å². The predicted octanol–water partition coefficient (Wildman–Crippen LogP) is 4.56. The molecular weight excluding hydrogens is 502 g/mol. The van der Waals surface area contributed by atoms with Gasteiger partial charge in [0.05, 0.1) is 26.5 Å². The van der Waals surface area contributed by atoms with Crippen molar-refractivity contribution in [3.8, 4) is 17.2 Å². The summed E-state index contributed by atoms with van der Waals surface area (Å²) < 4.78 is 12.3. The normalized spacial score (nSPS) is 10.6. The SMILES string of the molecule is COc1ccc(C(=O)NCc2nnc(SCC(=O)Nc3cccc(C)c3C)n2-c2ccc(OC)cc2)cc1. The van der Waals surface area contributed by atoms with Gasteiger partial charge in [0.2, 0.25) is 5.91 Å². The number of rotatable bonds is 10. The zero-order chi connectivity index (χ0) is 27.1. The van der Waals surface area contributed by atoms with E-state index in [0.717, 1.165) is 22.5 Å². The fourth-order valence-electron chi connectivity index (χ4n) is 3.71. The molecule has 3 aromatic carbocycles. The second-order valence-corrected chi connectivity index (χ2v) is 9.37. The molecule has 1 heterocycles. The number of carbonyl (C=O) groups is 2. The first-order chi connectivity index (χ1) is 18.4. The van der Waals surface area contributed by atoms with Crippen molar-refractivity contribution in [2.24, 2.45) is 0 Å². The van der Waals surface area contributed by atoms with Crippen molar-refractivity contribution < 1.29 is 19.1 Å². The van der Waals surface area contributed by atoms with Crippen LogP contribution < -0.4 is 20.1 Å². The van der Waals surface area contributed by atoms with E-state index in [4.69, 9.17) is 9.47 Å². The van der Waals surface area contributed by atoms with Gasteiger partial charge in [0.1, 0.15) is 11.5 Å². The molecule has 9 nitrogen and oxygen atoms in total. The van der Waals surface area contributed by atoms with Gasteiger partial charge in [-0.05, 0) is 79.6 Å². The Morgan fingerprint density at radius 1 is 0.895 bits per heavy atom. The minimum atomic E-state index is -0.251. The van der Waals surface area contributed by atoms with Gasteiger partial charge in [0.15, 0.2) is 11.0 Å². The molecule has 0 saturated heterocycles. The van der Waals surface area contributed by atoms with Crippen molar-refractivity contribution in [3.05, 3.63) is 89.2 Å². The van der Waals surface area contributed by atoms with Crippen LogP contribution in [0.1, 0.15) is 27.3 Å². The zero-order valence-electron chi connectivity index (χ0n) is 21.6. The maximum atomic E-state index is 12.7. The van der Waals surface area contributed by atoms with Crippen LogP contribution in [0.3, 0.4) is 0 Å². The summed E-state index contributed by atoms with van der Waals surface area (Å²) in [6.45, 7) is 4.12. The van der Waals surface area contributed by atoms with Gasteiger partial charge in [-0.1, -0.05) is 23.9 Å². The lowest BCUT2D eigenvalue weighted by Gasteiger charge is -2.12. The van der Waals surface area contributed by atoms with E-state index in [1.807, 2.05) is 60.9 Å². The number of hydrogen-bond acceptors (Lipinski definition) is 7. The molecule has 4 rings (SSSR count). The number of anilines is 1. The Bertz CT molecular complexity index is 1420. The maximum absolute atomic E-state index is 12.7. The number of thioether (sulfide) groups is 1. The Morgan fingerprint density at radius 3 is 2.21 bits per heavy atom. The van der Waals surface area contributed by atoms with Gasteiger partial charge in [0.25, 0.3) is 5.91 Å². The van der Waals surface area contributed by atoms with Gasteiger partial charge in [-0.15, -0.1) is 10.2 Å². The van der Waals surface area contributed by atoms with Gasteiger partial charge in [-0.3, -0.25) is 14.2 Å². The molecule has 0 fully saturated rings. The van der Waals surface area contributed by atoms with Crippen LogP contribution >= 0.6 is 11.8 Å². The molecule has 38 heavy (non-hydrogen) atoms. The van der Waals surface area contributed by atoms with Crippen molar-refractivity contribution in [1.82, 2.24) is 20.1 Å². The number of benzene rings is 3. The lowest BCUT2D eigenvalue weighted by molar-refractivity contribution is -0.113. The van der Waals surface area contributed by atoms with Crippen LogP contribution in [0.5, 0.6) is 11.5 Å². The van der Waals surface area contributed by atoms with Gasteiger partial charge in [0, 0.05) is 16.9 Å². The van der Waals surface area contributed by atoms with E-state index in [1.165, 1.54) is 11.8 Å². The molecule has 0 aliphatic rings. The molecule has 0 atom stereocenters. The fraction of sp³-hybridized carbons (Fsp3) is 0.214. The average Bonchev–Trinajstić information content (AvgIpc) is 3.36. The standard InChI is InChI=1S/C28H29N5O4S/c1-18-6-5-7-24(19(18)2)30-26(34)17-38-28-32-31-25(33(28)21-10-14-23(37-4)15-11-21)16-29-27(35)20-8-12-22(36-3)13-9-20/h5-15H,16-17H2,1-4H3,(H,29,35)(H,30,34). The zero-order valence-corrected chi connectivity index (χ0v) is 22.5. The maximum Gasteiger partial charge on any atom is 0.251 e. The Balaban J connectivity index is 1.51. The number of ether oxygens (including phenoxy) is 2. The quantitative estimate of drug-likeness (QED) is 0.289. The number of nitrogens with zero attached hydrogens (tertiary/aromatic N) is 3. The monoisotopic (exact) mass is 531 g/mol. The lowest BCUT2D eigenvalue weighted by atomic mass is 10.1. The van der Waals surface area contributed by atoms with E-state index in [0.29, 0.717) is 28.0 Å². The number of carbonyl (C=O) groups excluding carboxylic acids is 2. The highest BCUT2D eigenvalue weighted by molar-refractivity contribution is 7.99. The van der Waals surface area contributed by atoms with Crippen LogP contribution in [-0.4, -0.2) is 46.6 Å². The van der Waals surface area contributed by atoms with Crippen molar-refractivity contribution in [2.45, 2.75) is 25.5 Å². The number of aromatic nitrogens is 3. The van der Waals surface area contributed by atoms with Gasteiger partial charge < -0.3 is 20.1 Å². The number of hydrogen-bond donors (Lipinski definition) is 2. The van der Waals surface area contributed by atoms with Crippen molar-refractivity contribution in [2.75, 3.05) is 25.3 Å². The first-order valence-corrected chi connectivity index (χ1v) is 12.9. The molecule has 0 saturated carbocycles. The largest absolute Gasteiger partial charge is 0.497 e. The molecule has 0 aliphatic heterocycles. The van der Waals surface area contributed by atoms with Crippen molar-refractivity contribution in [1.29, 1.82) is 0 Å². The lowest BCUT2D eigenvalue weighted by Crippen LogP contribution is -2.24. The van der Waals surface area contributed by atoms with Crippen LogP contribution in [0.15, 0.2) is 71.9 Å². The summed E-state index contributed by atoms with van der Waals surface area (Å²) in [7, 11) is 3.17. The van der Waals surface area contributed by atoms with E-state index >= 15 is 0 Å². The minimum absolute atomic E-state index is 0.138. The molecule has 0 radical (unpaired) electrons. The topological polar surface area (TPSA) is 107 Å². The van der Waals surface area contributed by atoms with Crippen LogP contribution in [0.25, 0.3) is 5.69 Å². The molecule has 4 aromatic rings. The molecule has 10 heteroatoms. The van der Waals surface area contributed by atoms with Gasteiger partial charge in [-0.25, -0.2) is 0 Å². The number of aryl methyl sites for hydroxylation is 1. The summed E-state index contributed by atoms with van der Waals surface area (Å²) in [6, 6.07) is 20.1. The highest BCUT2D eigenvalue weighted by atomic mass is 32.2. The van der Waals surface area contributed by atoms with E-state index < -0.39 is 0 Å². The van der Waals surface area contributed by atoms with Crippen molar-refractivity contribution >= 4 is 29.3 Å². The Labute approximate surface area is 225 Å². The second-order valence-electron chi connectivity index (χ2n) is 8.43. The molecule has 0 spiro atoms. The second kappa shape index (κ2) is 12.3. The number of nitrogens with one attached hydrogen (secondary N) is 2. The molecule has 2 amide bonds. The number of amides is 2. The molecular formula is C28H29N5O4S. The summed E-state index contributed by atoms with van der Waals surface area (Å²) in [5.74, 6) is 1.64. The fourth-order valence-corrected chi connectivity index (χ4v) is 4.48. The van der Waals surface area contributed by atoms with E-state index in [2.05, 4.69) is 20.8 Å². The third-order valence-corrected chi connectivity index (χ3v) is 6.93. The van der Waals surface area contributed by atoms with E-state index in [1.54, 1.807) is 38.5 Å². The molecule has 196 valence electrons. The third kappa shape index (κ3) is 6.33. The van der Waals surface area contributed by atoms with Crippen LogP contribution in [-0.2, 0) is 11.3 Å². The third-order valence-electron chi connectivity index (χ3n) is 6.00. The molecule has 1 aromatic heterocycles. The summed E-state index contributed by atoms with van der Waals surface area (Å²) in [4.78, 5) is 25.4. The molecule has 0 unspecified atom stereocenters. The first kappa shape index (κ1) is 26.7. The average molecular weight is 532 g/mol. The predicted molar refractivity (Wildman–Crippen MR) is 147 cm³/mol. The Hall–Kier alpha value is -4.31. The highest BCUT2D eigenvalue weighted by Gasteiger charge is 2.18. The molecule has 0 aliphatic carbocycles. The van der Waals surface area contributed by atoms with E-state index in [9.17, 15) is 9.59 Å². The summed E-state index contributed by atoms with van der Waals surface area (Å²) in [5, 5.41) is 15.0. The summed E-state index contributed by atoms with van der Waals surface area (Å²) in [6.07, 6.45) is 0. The summed E-state index contributed by atoms with van der Waals surface area (Å²) in [5.41, 5.74) is 4.20. The van der Waals surface area contributed by atoms with E-state index in [-0.39, 0.29) is 24.1 Å². The summed E-state index contributed by atoms with van der Waals surface area (Å²) >= 11 is 1.26. The highest BCUT2D eigenvalue weighted by Crippen LogP contribution is 2.25. The molecule has 0 bridgehead atoms. The Kier molecular flexibility index (Phi) is 8.65. The number of methoxy groups -OCH3 is 2. The van der Waals surface area contributed by atoms with Crippen LogP contribution in [0.4, 0.5) is 5.69 Å². The molecule has 2 N–H and O–H groups in total. The van der Waals surface area contributed by atoms with Crippen LogP contribution in [0.2, 0.25) is 0 Å².